The zero-order chi connectivity index (χ0) is 12.0. The fraction of sp³-hybridized carbons (Fsp3) is 0.833. The van der Waals surface area contributed by atoms with Gasteiger partial charge in [0.2, 0.25) is 5.91 Å². The van der Waals surface area contributed by atoms with Crippen molar-refractivity contribution < 1.29 is 14.3 Å². The second-order valence-electron chi connectivity index (χ2n) is 4.31. The highest BCUT2D eigenvalue weighted by atomic mass is 16.6. The van der Waals surface area contributed by atoms with Gasteiger partial charge in [-0.2, -0.15) is 0 Å². The molecule has 4 heteroatoms. The van der Waals surface area contributed by atoms with Gasteiger partial charge in [-0.25, -0.2) is 9.69 Å². The molecule has 1 fully saturated rings. The molecular formula is C12H21NO3. The predicted octanol–water partition coefficient (Wildman–Crippen LogP) is 2.57. The molecule has 0 atom stereocenters. The summed E-state index contributed by atoms with van der Waals surface area (Å²) in [7, 11) is 0. The molecule has 0 aromatic rings. The SMILES string of the molecule is CCCC(CCC)CC(=O)N1CCOC1=O. The van der Waals surface area contributed by atoms with Crippen LogP contribution in [0.2, 0.25) is 0 Å². The van der Waals surface area contributed by atoms with Gasteiger partial charge in [0, 0.05) is 6.42 Å². The van der Waals surface area contributed by atoms with Crippen LogP contribution in [0.1, 0.15) is 46.0 Å². The third kappa shape index (κ3) is 3.51. The minimum atomic E-state index is -0.475. The maximum Gasteiger partial charge on any atom is 0.416 e. The van der Waals surface area contributed by atoms with Gasteiger partial charge in [0.15, 0.2) is 0 Å². The lowest BCUT2D eigenvalue weighted by atomic mass is 9.94. The summed E-state index contributed by atoms with van der Waals surface area (Å²) in [5, 5.41) is 0. The standard InChI is InChI=1S/C12H21NO3/c1-3-5-10(6-4-2)9-11(14)13-7-8-16-12(13)15/h10H,3-9H2,1-2H3. The Labute approximate surface area is 96.9 Å². The van der Waals surface area contributed by atoms with Crippen molar-refractivity contribution in [1.29, 1.82) is 0 Å². The largest absolute Gasteiger partial charge is 0.447 e. The number of ether oxygens (including phenoxy) is 1. The third-order valence-electron chi connectivity index (χ3n) is 2.92. The van der Waals surface area contributed by atoms with E-state index in [0.29, 0.717) is 25.5 Å². The Balaban J connectivity index is 2.43. The van der Waals surface area contributed by atoms with Crippen LogP contribution >= 0.6 is 0 Å². The molecule has 0 N–H and O–H groups in total. The fourth-order valence-electron chi connectivity index (χ4n) is 2.14. The smallest absolute Gasteiger partial charge is 0.416 e. The predicted molar refractivity (Wildman–Crippen MR) is 61.0 cm³/mol. The highest BCUT2D eigenvalue weighted by molar-refractivity contribution is 5.93. The lowest BCUT2D eigenvalue weighted by Gasteiger charge is -2.17. The van der Waals surface area contributed by atoms with E-state index in [-0.39, 0.29) is 5.91 Å². The third-order valence-corrected chi connectivity index (χ3v) is 2.92. The molecule has 0 saturated carbocycles. The number of carbonyl (C=O) groups excluding carboxylic acids is 2. The molecule has 1 heterocycles. The van der Waals surface area contributed by atoms with Crippen LogP contribution in [-0.2, 0) is 9.53 Å². The van der Waals surface area contributed by atoms with E-state index in [0.717, 1.165) is 25.7 Å². The van der Waals surface area contributed by atoms with Crippen LogP contribution in [0, 0.1) is 5.92 Å². The second-order valence-corrected chi connectivity index (χ2v) is 4.31. The highest BCUT2D eigenvalue weighted by Crippen LogP contribution is 2.19. The minimum Gasteiger partial charge on any atom is -0.447 e. The van der Waals surface area contributed by atoms with Crippen LogP contribution in [0.15, 0.2) is 0 Å². The van der Waals surface area contributed by atoms with Crippen molar-refractivity contribution in [3.05, 3.63) is 0 Å². The molecule has 1 rings (SSSR count). The van der Waals surface area contributed by atoms with Crippen LogP contribution in [-0.4, -0.2) is 30.1 Å². The Morgan fingerprint density at radius 3 is 2.44 bits per heavy atom. The number of carbonyl (C=O) groups is 2. The average molecular weight is 227 g/mol. The highest BCUT2D eigenvalue weighted by Gasteiger charge is 2.29. The monoisotopic (exact) mass is 227 g/mol. The molecule has 0 radical (unpaired) electrons. The van der Waals surface area contributed by atoms with Crippen molar-refractivity contribution in [2.24, 2.45) is 5.92 Å². The lowest BCUT2D eigenvalue weighted by Crippen LogP contribution is -2.32. The molecule has 16 heavy (non-hydrogen) atoms. The summed E-state index contributed by atoms with van der Waals surface area (Å²) in [4.78, 5) is 24.3. The molecule has 1 aliphatic heterocycles. The minimum absolute atomic E-state index is 0.0746. The maximum atomic E-state index is 11.8. The zero-order valence-corrected chi connectivity index (χ0v) is 10.2. The Kier molecular flexibility index (Phi) is 5.29. The molecule has 92 valence electrons. The number of rotatable bonds is 6. The van der Waals surface area contributed by atoms with Crippen LogP contribution in [0.25, 0.3) is 0 Å². The molecule has 0 aromatic carbocycles. The quantitative estimate of drug-likeness (QED) is 0.700. The van der Waals surface area contributed by atoms with E-state index in [2.05, 4.69) is 13.8 Å². The Hall–Kier alpha value is -1.06. The van der Waals surface area contributed by atoms with Gasteiger partial charge in [-0.1, -0.05) is 39.5 Å². The summed E-state index contributed by atoms with van der Waals surface area (Å²) in [5.41, 5.74) is 0. The number of cyclic esters (lactones) is 1. The van der Waals surface area contributed by atoms with E-state index in [1.807, 2.05) is 0 Å². The van der Waals surface area contributed by atoms with Crippen LogP contribution in [0.5, 0.6) is 0 Å². The number of hydrogen-bond donors (Lipinski definition) is 0. The van der Waals surface area contributed by atoms with Crippen molar-refractivity contribution in [3.63, 3.8) is 0 Å². The molecule has 0 aromatic heterocycles. The molecule has 1 aliphatic rings. The zero-order valence-electron chi connectivity index (χ0n) is 10.2. The summed E-state index contributed by atoms with van der Waals surface area (Å²) in [6, 6.07) is 0. The number of imide groups is 1. The van der Waals surface area contributed by atoms with Gasteiger partial charge >= 0.3 is 6.09 Å². The van der Waals surface area contributed by atoms with Gasteiger partial charge < -0.3 is 4.74 Å². The van der Waals surface area contributed by atoms with Crippen molar-refractivity contribution in [2.45, 2.75) is 46.0 Å². The van der Waals surface area contributed by atoms with Gasteiger partial charge in [0.25, 0.3) is 0 Å². The first kappa shape index (κ1) is 13.0. The van der Waals surface area contributed by atoms with Crippen molar-refractivity contribution in [3.8, 4) is 0 Å². The second kappa shape index (κ2) is 6.51. The van der Waals surface area contributed by atoms with Gasteiger partial charge in [0.1, 0.15) is 6.61 Å². The molecule has 1 saturated heterocycles. The molecule has 0 spiro atoms. The van der Waals surface area contributed by atoms with Gasteiger partial charge in [-0.3, -0.25) is 4.79 Å². The van der Waals surface area contributed by atoms with Gasteiger partial charge in [-0.15, -0.1) is 0 Å². The number of nitrogens with zero attached hydrogens (tertiary/aromatic N) is 1. The average Bonchev–Trinajstić information content (AvgIpc) is 2.65. The summed E-state index contributed by atoms with van der Waals surface area (Å²) < 4.78 is 4.75. The lowest BCUT2D eigenvalue weighted by molar-refractivity contribution is -0.128. The van der Waals surface area contributed by atoms with Crippen LogP contribution in [0.4, 0.5) is 4.79 Å². The molecular weight excluding hydrogens is 206 g/mol. The Bertz CT molecular complexity index is 247. The van der Waals surface area contributed by atoms with E-state index < -0.39 is 6.09 Å². The fourth-order valence-corrected chi connectivity index (χ4v) is 2.14. The maximum absolute atomic E-state index is 11.8. The van der Waals surface area contributed by atoms with Crippen molar-refractivity contribution in [1.82, 2.24) is 4.90 Å². The Morgan fingerprint density at radius 1 is 1.38 bits per heavy atom. The Morgan fingerprint density at radius 2 is 2.00 bits per heavy atom. The number of amides is 2. The molecule has 4 nitrogen and oxygen atoms in total. The van der Waals surface area contributed by atoms with Crippen molar-refractivity contribution in [2.75, 3.05) is 13.2 Å². The summed E-state index contributed by atoms with van der Waals surface area (Å²) in [6.07, 6.45) is 4.30. The van der Waals surface area contributed by atoms with E-state index in [4.69, 9.17) is 4.74 Å². The van der Waals surface area contributed by atoms with E-state index in [1.54, 1.807) is 0 Å². The summed E-state index contributed by atoms with van der Waals surface area (Å²) in [5.74, 6) is 0.338. The molecule has 0 bridgehead atoms. The number of hydrogen-bond acceptors (Lipinski definition) is 3. The van der Waals surface area contributed by atoms with Gasteiger partial charge in [-0.05, 0) is 5.92 Å². The van der Waals surface area contributed by atoms with Crippen LogP contribution < -0.4 is 0 Å². The first-order valence-corrected chi connectivity index (χ1v) is 6.16. The van der Waals surface area contributed by atoms with Crippen molar-refractivity contribution >= 4 is 12.0 Å². The first-order valence-electron chi connectivity index (χ1n) is 6.16. The molecule has 0 unspecified atom stereocenters. The van der Waals surface area contributed by atoms with E-state index >= 15 is 0 Å². The summed E-state index contributed by atoms with van der Waals surface area (Å²) in [6.45, 7) is 5.01. The normalized spacial score (nSPS) is 15.7. The van der Waals surface area contributed by atoms with E-state index in [1.165, 1.54) is 4.90 Å². The first-order chi connectivity index (χ1) is 7.69. The van der Waals surface area contributed by atoms with E-state index in [9.17, 15) is 9.59 Å². The molecule has 0 aliphatic carbocycles. The summed E-state index contributed by atoms with van der Waals surface area (Å²) >= 11 is 0. The van der Waals surface area contributed by atoms with Crippen LogP contribution in [0.3, 0.4) is 0 Å². The molecule has 2 amide bonds. The topological polar surface area (TPSA) is 46.6 Å². The van der Waals surface area contributed by atoms with Gasteiger partial charge in [0.05, 0.1) is 6.54 Å².